The molecule has 1 N–H and O–H groups in total. The number of hydrogen-bond acceptors (Lipinski definition) is 3. The Morgan fingerprint density at radius 3 is 2.71 bits per heavy atom. The summed E-state index contributed by atoms with van der Waals surface area (Å²) in [5.41, 5.74) is 0.939. The van der Waals surface area contributed by atoms with Gasteiger partial charge in [-0.1, -0.05) is 0 Å². The van der Waals surface area contributed by atoms with E-state index in [1.807, 2.05) is 16.9 Å². The molecule has 0 saturated heterocycles. The molecule has 2 atom stereocenters. The van der Waals surface area contributed by atoms with Gasteiger partial charge in [-0.05, 0) is 38.7 Å². The molecule has 1 saturated carbocycles. The van der Waals surface area contributed by atoms with Crippen LogP contribution in [0.1, 0.15) is 38.4 Å². The predicted molar refractivity (Wildman–Crippen MR) is 65.8 cm³/mol. The van der Waals surface area contributed by atoms with Gasteiger partial charge in [-0.2, -0.15) is 5.10 Å². The van der Waals surface area contributed by atoms with Crippen molar-refractivity contribution in [2.75, 3.05) is 7.11 Å². The van der Waals surface area contributed by atoms with Crippen LogP contribution in [0.3, 0.4) is 0 Å². The highest BCUT2D eigenvalue weighted by Gasteiger charge is 2.36. The van der Waals surface area contributed by atoms with Gasteiger partial charge in [0.1, 0.15) is 0 Å². The Hall–Kier alpha value is -0.870. The average Bonchev–Trinajstić information content (AvgIpc) is 2.98. The van der Waals surface area contributed by atoms with Gasteiger partial charge in [0.25, 0.3) is 0 Å². The van der Waals surface area contributed by atoms with Crippen LogP contribution < -0.4 is 0 Å². The summed E-state index contributed by atoms with van der Waals surface area (Å²) >= 11 is 0. The zero-order chi connectivity index (χ0) is 12.4. The molecule has 0 aliphatic heterocycles. The van der Waals surface area contributed by atoms with E-state index in [0.29, 0.717) is 18.4 Å². The van der Waals surface area contributed by atoms with Gasteiger partial charge in [0, 0.05) is 25.8 Å². The van der Waals surface area contributed by atoms with Gasteiger partial charge in [-0.15, -0.1) is 0 Å². The fourth-order valence-corrected chi connectivity index (χ4v) is 2.19. The minimum absolute atomic E-state index is 0.0285. The smallest absolute Gasteiger partial charge is 0.0862 e. The molecule has 2 rings (SSSR count). The molecule has 96 valence electrons. The molecule has 1 aromatic heterocycles. The van der Waals surface area contributed by atoms with Crippen LogP contribution in [0, 0.1) is 5.92 Å². The number of aliphatic hydroxyl groups excluding tert-OH is 1. The second kappa shape index (κ2) is 5.19. The van der Waals surface area contributed by atoms with Crippen LogP contribution >= 0.6 is 0 Å². The quantitative estimate of drug-likeness (QED) is 0.822. The molecule has 17 heavy (non-hydrogen) atoms. The molecule has 2 unspecified atom stereocenters. The van der Waals surface area contributed by atoms with Crippen molar-refractivity contribution in [3.63, 3.8) is 0 Å². The summed E-state index contributed by atoms with van der Waals surface area (Å²) in [6.45, 7) is 4.19. The minimum Gasteiger partial charge on any atom is -0.390 e. The molecule has 0 amide bonds. The second-order valence-electron chi connectivity index (χ2n) is 5.19. The number of methoxy groups -OCH3 is 1. The van der Waals surface area contributed by atoms with E-state index in [4.69, 9.17) is 4.74 Å². The Balaban J connectivity index is 1.94. The molecule has 1 aliphatic rings. The maximum atomic E-state index is 10.1. The Bertz CT molecular complexity index is 358. The lowest BCUT2D eigenvalue weighted by atomic mass is 10.0. The number of nitrogens with zero attached hydrogens (tertiary/aromatic N) is 2. The maximum Gasteiger partial charge on any atom is 0.0862 e. The molecule has 0 spiro atoms. The Morgan fingerprint density at radius 1 is 1.53 bits per heavy atom. The van der Waals surface area contributed by atoms with Gasteiger partial charge in [0.2, 0.25) is 0 Å². The zero-order valence-electron chi connectivity index (χ0n) is 10.8. The van der Waals surface area contributed by atoms with Crippen LogP contribution in [0.2, 0.25) is 0 Å². The number of hydrogen-bond donors (Lipinski definition) is 1. The van der Waals surface area contributed by atoms with Crippen molar-refractivity contribution in [3.8, 4) is 0 Å². The van der Waals surface area contributed by atoms with Crippen LogP contribution in [-0.2, 0) is 11.2 Å². The highest BCUT2D eigenvalue weighted by Crippen LogP contribution is 2.36. The molecule has 1 heterocycles. The molecular formula is C13H22N2O2. The fourth-order valence-electron chi connectivity index (χ4n) is 2.19. The number of aliphatic hydroxyl groups is 1. The van der Waals surface area contributed by atoms with E-state index in [1.165, 1.54) is 12.8 Å². The van der Waals surface area contributed by atoms with E-state index in [-0.39, 0.29) is 6.10 Å². The van der Waals surface area contributed by atoms with Crippen molar-refractivity contribution < 1.29 is 9.84 Å². The topological polar surface area (TPSA) is 47.3 Å². The van der Waals surface area contributed by atoms with Crippen LogP contribution in [0.4, 0.5) is 0 Å². The lowest BCUT2D eigenvalue weighted by Gasteiger charge is -2.20. The summed E-state index contributed by atoms with van der Waals surface area (Å²) in [4.78, 5) is 0. The molecule has 0 radical (unpaired) electrons. The molecule has 1 aromatic rings. The van der Waals surface area contributed by atoms with Crippen molar-refractivity contribution in [1.82, 2.24) is 9.78 Å². The zero-order valence-corrected chi connectivity index (χ0v) is 10.8. The number of aromatic nitrogens is 2. The Kier molecular flexibility index (Phi) is 3.84. The highest BCUT2D eigenvalue weighted by molar-refractivity contribution is 5.03. The largest absolute Gasteiger partial charge is 0.390 e. The SMILES string of the molecule is COC(C(O)Cc1ccn(C(C)C)n1)C1CC1. The summed E-state index contributed by atoms with van der Waals surface area (Å²) in [5.74, 6) is 0.544. The lowest BCUT2D eigenvalue weighted by Crippen LogP contribution is -2.32. The van der Waals surface area contributed by atoms with Crippen LogP contribution in [0.15, 0.2) is 12.3 Å². The molecule has 0 bridgehead atoms. The van der Waals surface area contributed by atoms with E-state index in [0.717, 1.165) is 5.69 Å². The summed E-state index contributed by atoms with van der Waals surface area (Å²) < 4.78 is 7.30. The molecular weight excluding hydrogens is 216 g/mol. The molecule has 1 fully saturated rings. The van der Waals surface area contributed by atoms with Gasteiger partial charge < -0.3 is 9.84 Å². The van der Waals surface area contributed by atoms with Crippen LogP contribution in [0.5, 0.6) is 0 Å². The fraction of sp³-hybridized carbons (Fsp3) is 0.769. The summed E-state index contributed by atoms with van der Waals surface area (Å²) in [5, 5.41) is 14.6. The Morgan fingerprint density at radius 2 is 2.24 bits per heavy atom. The first-order valence-corrected chi connectivity index (χ1v) is 6.36. The van der Waals surface area contributed by atoms with Gasteiger partial charge in [0.05, 0.1) is 17.9 Å². The lowest BCUT2D eigenvalue weighted by molar-refractivity contribution is -0.0242. The van der Waals surface area contributed by atoms with Crippen molar-refractivity contribution in [1.29, 1.82) is 0 Å². The molecule has 4 heteroatoms. The third-order valence-electron chi connectivity index (χ3n) is 3.35. The summed E-state index contributed by atoms with van der Waals surface area (Å²) in [6.07, 6.45) is 4.43. The number of rotatable bonds is 6. The molecule has 4 nitrogen and oxygen atoms in total. The average molecular weight is 238 g/mol. The second-order valence-corrected chi connectivity index (χ2v) is 5.19. The van der Waals surface area contributed by atoms with Crippen LogP contribution in [-0.4, -0.2) is 34.2 Å². The monoisotopic (exact) mass is 238 g/mol. The summed E-state index contributed by atoms with van der Waals surface area (Å²) in [6, 6.07) is 2.34. The van der Waals surface area contributed by atoms with Crippen molar-refractivity contribution in [3.05, 3.63) is 18.0 Å². The van der Waals surface area contributed by atoms with Crippen molar-refractivity contribution in [2.24, 2.45) is 5.92 Å². The Labute approximate surface area is 103 Å². The van der Waals surface area contributed by atoms with E-state index in [2.05, 4.69) is 18.9 Å². The first-order chi connectivity index (χ1) is 8.11. The van der Waals surface area contributed by atoms with E-state index in [1.54, 1.807) is 7.11 Å². The summed E-state index contributed by atoms with van der Waals surface area (Å²) in [7, 11) is 1.68. The maximum absolute atomic E-state index is 10.1. The predicted octanol–water partition coefficient (Wildman–Crippen LogP) is 1.79. The highest BCUT2D eigenvalue weighted by atomic mass is 16.5. The van der Waals surface area contributed by atoms with Gasteiger partial charge in [-0.3, -0.25) is 4.68 Å². The van der Waals surface area contributed by atoms with E-state index < -0.39 is 6.10 Å². The molecule has 0 aromatic carbocycles. The van der Waals surface area contributed by atoms with E-state index in [9.17, 15) is 5.11 Å². The molecule has 1 aliphatic carbocycles. The first-order valence-electron chi connectivity index (χ1n) is 6.36. The van der Waals surface area contributed by atoms with E-state index >= 15 is 0 Å². The number of ether oxygens (including phenoxy) is 1. The van der Waals surface area contributed by atoms with Crippen LogP contribution in [0.25, 0.3) is 0 Å². The first kappa shape index (κ1) is 12.6. The van der Waals surface area contributed by atoms with Gasteiger partial charge in [-0.25, -0.2) is 0 Å². The third-order valence-corrected chi connectivity index (χ3v) is 3.35. The van der Waals surface area contributed by atoms with Crippen molar-refractivity contribution in [2.45, 2.75) is 51.4 Å². The van der Waals surface area contributed by atoms with Crippen molar-refractivity contribution >= 4 is 0 Å². The van der Waals surface area contributed by atoms with Gasteiger partial charge in [0.15, 0.2) is 0 Å². The normalized spacial score (nSPS) is 19.6. The minimum atomic E-state index is -0.442. The van der Waals surface area contributed by atoms with Gasteiger partial charge >= 0.3 is 0 Å². The standard InChI is InChI=1S/C13H22N2O2/c1-9(2)15-7-6-11(14-15)8-12(16)13(17-3)10-4-5-10/h6-7,9-10,12-13,16H,4-5,8H2,1-3H3. The third kappa shape index (κ3) is 3.07.